The number of aromatic nitrogens is 1. The second-order valence-electron chi connectivity index (χ2n) is 6.32. The SMILES string of the molecule is O=S(=O)(Nc1cscn1)c1c(F)cc(NC2(c3ccccc3)CC2)cc1F. The van der Waals surface area contributed by atoms with Crippen molar-refractivity contribution in [1.82, 2.24) is 4.98 Å². The van der Waals surface area contributed by atoms with Gasteiger partial charge in [0.15, 0.2) is 10.7 Å². The van der Waals surface area contributed by atoms with E-state index in [9.17, 15) is 17.2 Å². The molecule has 1 aliphatic carbocycles. The maximum atomic E-state index is 14.5. The minimum atomic E-state index is -4.43. The molecule has 4 rings (SSSR count). The summed E-state index contributed by atoms with van der Waals surface area (Å²) in [4.78, 5) is 2.74. The average molecular weight is 407 g/mol. The third kappa shape index (κ3) is 3.52. The highest BCUT2D eigenvalue weighted by Gasteiger charge is 2.44. The van der Waals surface area contributed by atoms with Gasteiger partial charge in [0.05, 0.1) is 11.0 Å². The molecule has 140 valence electrons. The zero-order valence-corrected chi connectivity index (χ0v) is 15.6. The van der Waals surface area contributed by atoms with Crippen molar-refractivity contribution in [1.29, 1.82) is 0 Å². The van der Waals surface area contributed by atoms with Gasteiger partial charge in [0.2, 0.25) is 0 Å². The van der Waals surface area contributed by atoms with E-state index in [0.717, 1.165) is 41.9 Å². The van der Waals surface area contributed by atoms with Gasteiger partial charge in [0.1, 0.15) is 11.6 Å². The van der Waals surface area contributed by atoms with Gasteiger partial charge in [0, 0.05) is 11.1 Å². The van der Waals surface area contributed by atoms with E-state index < -0.39 is 26.6 Å². The first-order valence-electron chi connectivity index (χ1n) is 8.13. The number of sulfonamides is 1. The molecule has 9 heteroatoms. The number of benzene rings is 2. The number of thiazole rings is 1. The molecule has 3 aromatic rings. The van der Waals surface area contributed by atoms with Gasteiger partial charge >= 0.3 is 0 Å². The van der Waals surface area contributed by atoms with Gasteiger partial charge in [-0.25, -0.2) is 22.2 Å². The molecule has 1 heterocycles. The van der Waals surface area contributed by atoms with Gasteiger partial charge in [-0.15, -0.1) is 11.3 Å². The third-order valence-electron chi connectivity index (χ3n) is 4.40. The molecule has 1 aromatic heterocycles. The van der Waals surface area contributed by atoms with Gasteiger partial charge < -0.3 is 5.32 Å². The van der Waals surface area contributed by atoms with Crippen LogP contribution in [0.5, 0.6) is 0 Å². The summed E-state index contributed by atoms with van der Waals surface area (Å²) in [5.41, 5.74) is 2.25. The zero-order chi connectivity index (χ0) is 19.1. The molecule has 0 spiro atoms. The molecule has 0 bridgehead atoms. The standard InChI is InChI=1S/C18H15F2N3O2S2/c19-14-8-13(22-18(6-7-18)12-4-2-1-3-5-12)9-15(20)17(14)27(24,25)23-16-10-26-11-21-16/h1-5,8-11,22-23H,6-7H2. The van der Waals surface area contributed by atoms with Crippen LogP contribution in [0.2, 0.25) is 0 Å². The highest BCUT2D eigenvalue weighted by Crippen LogP contribution is 2.48. The molecule has 0 atom stereocenters. The van der Waals surface area contributed by atoms with Crippen molar-refractivity contribution in [2.24, 2.45) is 0 Å². The summed E-state index contributed by atoms with van der Waals surface area (Å²) in [6.07, 6.45) is 1.65. The summed E-state index contributed by atoms with van der Waals surface area (Å²) < 4.78 is 55.8. The molecule has 1 fully saturated rings. The Morgan fingerprint density at radius 3 is 2.30 bits per heavy atom. The monoisotopic (exact) mass is 407 g/mol. The molecule has 0 radical (unpaired) electrons. The van der Waals surface area contributed by atoms with Gasteiger partial charge in [-0.05, 0) is 30.5 Å². The fourth-order valence-corrected chi connectivity index (χ4v) is 4.66. The predicted octanol–water partition coefficient (Wildman–Crippen LogP) is 4.32. The van der Waals surface area contributed by atoms with Crippen molar-refractivity contribution in [3.63, 3.8) is 0 Å². The number of nitrogens with one attached hydrogen (secondary N) is 2. The maximum Gasteiger partial charge on any atom is 0.268 e. The molecule has 27 heavy (non-hydrogen) atoms. The van der Waals surface area contributed by atoms with Crippen molar-refractivity contribution in [3.05, 3.63) is 70.6 Å². The summed E-state index contributed by atoms with van der Waals surface area (Å²) in [7, 11) is -4.43. The van der Waals surface area contributed by atoms with Crippen LogP contribution in [0.3, 0.4) is 0 Å². The average Bonchev–Trinajstić information content (AvgIpc) is 3.21. The summed E-state index contributed by atoms with van der Waals surface area (Å²) in [6, 6.07) is 11.6. The molecule has 0 unspecified atom stereocenters. The van der Waals surface area contributed by atoms with Gasteiger partial charge in [-0.2, -0.15) is 0 Å². The minimum absolute atomic E-state index is 0.0158. The topological polar surface area (TPSA) is 71.1 Å². The molecule has 0 saturated heterocycles. The summed E-state index contributed by atoms with van der Waals surface area (Å²) >= 11 is 1.16. The first-order chi connectivity index (χ1) is 12.9. The van der Waals surface area contributed by atoms with Gasteiger partial charge in [-0.1, -0.05) is 30.3 Å². The second-order valence-corrected chi connectivity index (χ2v) is 8.66. The first-order valence-corrected chi connectivity index (χ1v) is 10.6. The van der Waals surface area contributed by atoms with Crippen molar-refractivity contribution < 1.29 is 17.2 Å². The quantitative estimate of drug-likeness (QED) is 0.638. The lowest BCUT2D eigenvalue weighted by Crippen LogP contribution is -2.20. The van der Waals surface area contributed by atoms with Crippen LogP contribution < -0.4 is 10.0 Å². The van der Waals surface area contributed by atoms with Crippen molar-refractivity contribution in [2.75, 3.05) is 10.0 Å². The number of halogens is 2. The zero-order valence-electron chi connectivity index (χ0n) is 13.9. The molecule has 1 saturated carbocycles. The number of rotatable bonds is 6. The maximum absolute atomic E-state index is 14.5. The minimum Gasteiger partial charge on any atom is -0.375 e. The highest BCUT2D eigenvalue weighted by molar-refractivity contribution is 7.92. The molecule has 1 aliphatic rings. The molecule has 0 amide bonds. The third-order valence-corrected chi connectivity index (χ3v) is 6.39. The highest BCUT2D eigenvalue weighted by atomic mass is 32.2. The van der Waals surface area contributed by atoms with E-state index in [4.69, 9.17) is 0 Å². The lowest BCUT2D eigenvalue weighted by Gasteiger charge is -2.20. The van der Waals surface area contributed by atoms with Crippen LogP contribution in [0.25, 0.3) is 0 Å². The van der Waals surface area contributed by atoms with Crippen LogP contribution in [0.4, 0.5) is 20.3 Å². The summed E-state index contributed by atoms with van der Waals surface area (Å²) in [5.74, 6) is -2.31. The largest absolute Gasteiger partial charge is 0.375 e. The van der Waals surface area contributed by atoms with Crippen molar-refractivity contribution in [3.8, 4) is 0 Å². The molecule has 2 N–H and O–H groups in total. The molecule has 2 aromatic carbocycles. The second kappa shape index (κ2) is 6.58. The number of nitrogens with zero attached hydrogens (tertiary/aromatic N) is 1. The Morgan fingerprint density at radius 2 is 1.74 bits per heavy atom. The van der Waals surface area contributed by atoms with E-state index in [2.05, 4.69) is 15.0 Å². The smallest absolute Gasteiger partial charge is 0.268 e. The van der Waals surface area contributed by atoms with Crippen LogP contribution in [0.15, 0.2) is 58.3 Å². The van der Waals surface area contributed by atoms with Crippen molar-refractivity contribution >= 4 is 32.9 Å². The predicted molar refractivity (Wildman–Crippen MR) is 100 cm³/mol. The van der Waals surface area contributed by atoms with Gasteiger partial charge in [0.25, 0.3) is 10.0 Å². The Balaban J connectivity index is 1.63. The first kappa shape index (κ1) is 17.9. The lowest BCUT2D eigenvalue weighted by atomic mass is 10.0. The summed E-state index contributed by atoms with van der Waals surface area (Å²) in [6.45, 7) is 0. The summed E-state index contributed by atoms with van der Waals surface area (Å²) in [5, 5.41) is 4.58. The Hall–Kier alpha value is -2.52. The lowest BCUT2D eigenvalue weighted by molar-refractivity contribution is 0.521. The fourth-order valence-electron chi connectivity index (χ4n) is 2.98. The number of anilines is 2. The van der Waals surface area contributed by atoms with E-state index in [1.54, 1.807) is 0 Å². The van der Waals surface area contributed by atoms with E-state index in [0.29, 0.717) is 0 Å². The van der Waals surface area contributed by atoms with Crippen LogP contribution in [0.1, 0.15) is 18.4 Å². The van der Waals surface area contributed by atoms with E-state index in [1.807, 2.05) is 30.3 Å². The Bertz CT molecular complexity index is 1040. The Kier molecular flexibility index (Phi) is 4.35. The van der Waals surface area contributed by atoms with Crippen LogP contribution in [-0.4, -0.2) is 13.4 Å². The Morgan fingerprint density at radius 1 is 1.07 bits per heavy atom. The number of hydrogen-bond acceptors (Lipinski definition) is 5. The van der Waals surface area contributed by atoms with Crippen molar-refractivity contribution in [2.45, 2.75) is 23.3 Å². The van der Waals surface area contributed by atoms with Gasteiger partial charge in [-0.3, -0.25) is 4.72 Å². The normalized spacial score (nSPS) is 15.3. The molecular formula is C18H15F2N3O2S2. The van der Waals surface area contributed by atoms with E-state index in [1.165, 1.54) is 10.9 Å². The van der Waals surface area contributed by atoms with E-state index >= 15 is 0 Å². The fraction of sp³-hybridized carbons (Fsp3) is 0.167. The molecule has 0 aliphatic heterocycles. The molecular weight excluding hydrogens is 392 g/mol. The van der Waals surface area contributed by atoms with Crippen LogP contribution in [-0.2, 0) is 15.6 Å². The van der Waals surface area contributed by atoms with Crippen LogP contribution >= 0.6 is 11.3 Å². The van der Waals surface area contributed by atoms with Crippen LogP contribution in [0, 0.1) is 11.6 Å². The Labute approximate surface area is 159 Å². The number of hydrogen-bond donors (Lipinski definition) is 2. The molecule has 5 nitrogen and oxygen atoms in total. The van der Waals surface area contributed by atoms with E-state index in [-0.39, 0.29) is 17.0 Å².